The van der Waals surface area contributed by atoms with E-state index in [1.807, 2.05) is 64.1 Å². The molecule has 0 unspecified atom stereocenters. The predicted octanol–water partition coefficient (Wildman–Crippen LogP) is 4.53. The molecule has 1 aromatic carbocycles. The summed E-state index contributed by atoms with van der Waals surface area (Å²) in [7, 11) is 0. The van der Waals surface area contributed by atoms with Crippen molar-refractivity contribution in [2.75, 3.05) is 0 Å². The maximum absolute atomic E-state index is 4.39. The summed E-state index contributed by atoms with van der Waals surface area (Å²) in [6, 6.07) is 8.02. The molecule has 4 nitrogen and oxygen atoms in total. The molecular formula is C18H24N4. The van der Waals surface area contributed by atoms with Crippen LogP contribution in [0.1, 0.15) is 38.6 Å². The fourth-order valence-electron chi connectivity index (χ4n) is 1.67. The van der Waals surface area contributed by atoms with Crippen molar-refractivity contribution in [1.82, 2.24) is 20.2 Å². The lowest BCUT2D eigenvalue weighted by molar-refractivity contribution is 0.719. The highest BCUT2D eigenvalue weighted by Crippen LogP contribution is 2.11. The van der Waals surface area contributed by atoms with E-state index in [4.69, 9.17) is 0 Å². The molecule has 0 aliphatic rings. The molecule has 0 spiro atoms. The quantitative estimate of drug-likeness (QED) is 0.761. The number of allylic oxidation sites excluding steroid dienone is 5. The predicted molar refractivity (Wildman–Crippen MR) is 92.8 cm³/mol. The van der Waals surface area contributed by atoms with Crippen LogP contribution in [0.3, 0.4) is 0 Å². The van der Waals surface area contributed by atoms with Gasteiger partial charge < -0.3 is 0 Å². The number of aromatic nitrogens is 4. The largest absolute Gasteiger partial charge is 0.200 e. The highest BCUT2D eigenvalue weighted by molar-refractivity contribution is 5.56. The summed E-state index contributed by atoms with van der Waals surface area (Å²) in [6.45, 7) is 11.7. The van der Waals surface area contributed by atoms with E-state index >= 15 is 0 Å². The Kier molecular flexibility index (Phi) is 7.54. The number of nitrogens with zero attached hydrogens (tertiary/aromatic N) is 4. The molecule has 0 saturated heterocycles. The van der Waals surface area contributed by atoms with E-state index < -0.39 is 0 Å². The highest BCUT2D eigenvalue weighted by Gasteiger charge is 2.05. The Morgan fingerprint density at radius 1 is 1.23 bits per heavy atom. The molecule has 0 saturated carbocycles. The summed E-state index contributed by atoms with van der Waals surface area (Å²) >= 11 is 0. The second kappa shape index (κ2) is 9.45. The third-order valence-electron chi connectivity index (χ3n) is 2.86. The molecular weight excluding hydrogens is 272 g/mol. The van der Waals surface area contributed by atoms with Crippen LogP contribution in [0, 0.1) is 6.92 Å². The monoisotopic (exact) mass is 296 g/mol. The van der Waals surface area contributed by atoms with Crippen LogP contribution in [-0.4, -0.2) is 20.2 Å². The van der Waals surface area contributed by atoms with Gasteiger partial charge in [0, 0.05) is 0 Å². The Hall–Kier alpha value is -2.49. The van der Waals surface area contributed by atoms with E-state index in [0.29, 0.717) is 5.82 Å². The van der Waals surface area contributed by atoms with E-state index in [2.05, 4.69) is 28.1 Å². The number of hydrogen-bond donors (Lipinski definition) is 0. The van der Waals surface area contributed by atoms with Crippen molar-refractivity contribution in [3.63, 3.8) is 0 Å². The topological polar surface area (TPSA) is 43.6 Å². The van der Waals surface area contributed by atoms with Gasteiger partial charge in [0.15, 0.2) is 0 Å². The maximum atomic E-state index is 4.39. The zero-order chi connectivity index (χ0) is 16.4. The van der Waals surface area contributed by atoms with Gasteiger partial charge in [-0.2, -0.15) is 0 Å². The Labute approximate surface area is 132 Å². The second-order valence-electron chi connectivity index (χ2n) is 4.52. The van der Waals surface area contributed by atoms with Crippen LogP contribution in [0.5, 0.6) is 0 Å². The number of tetrazole rings is 1. The number of aryl methyl sites for hydroxylation is 1. The molecule has 0 radical (unpaired) electrons. The molecule has 0 fully saturated rings. The molecule has 1 aromatic heterocycles. The summed E-state index contributed by atoms with van der Waals surface area (Å²) in [4.78, 5) is 1.55. The number of rotatable bonds is 5. The summed E-state index contributed by atoms with van der Waals surface area (Å²) in [5.41, 5.74) is 3.13. The van der Waals surface area contributed by atoms with Gasteiger partial charge in [-0.1, -0.05) is 62.4 Å². The van der Waals surface area contributed by atoms with Crippen LogP contribution in [0.15, 0.2) is 55.1 Å². The normalized spacial score (nSPS) is 11.2. The van der Waals surface area contributed by atoms with Gasteiger partial charge >= 0.3 is 0 Å². The minimum absolute atomic E-state index is 0.651. The summed E-state index contributed by atoms with van der Waals surface area (Å²) in [5, 5.41) is 12.6. The molecule has 0 N–H and O–H groups in total. The van der Waals surface area contributed by atoms with Crippen molar-refractivity contribution in [1.29, 1.82) is 0 Å². The lowest BCUT2D eigenvalue weighted by Crippen LogP contribution is -1.98. The van der Waals surface area contributed by atoms with Gasteiger partial charge in [-0.05, 0) is 43.2 Å². The van der Waals surface area contributed by atoms with Gasteiger partial charge in [-0.25, -0.2) is 0 Å². The smallest absolute Gasteiger partial charge is 0.131 e. The average Bonchev–Trinajstić information content (AvgIpc) is 3.04. The SMILES string of the molecule is C=C/C=C\C/C=C(\C)c1nnn(-c2ccc(C)cc2)n1.CC. The minimum Gasteiger partial charge on any atom is -0.131 e. The van der Waals surface area contributed by atoms with E-state index in [1.54, 1.807) is 10.9 Å². The van der Waals surface area contributed by atoms with E-state index in [9.17, 15) is 0 Å². The van der Waals surface area contributed by atoms with Crippen LogP contribution in [0.2, 0.25) is 0 Å². The molecule has 4 heteroatoms. The van der Waals surface area contributed by atoms with Crippen molar-refractivity contribution >= 4 is 5.57 Å². The Balaban J connectivity index is 0.00000116. The first-order valence-corrected chi connectivity index (χ1v) is 7.52. The number of benzene rings is 1. The molecule has 0 atom stereocenters. The van der Waals surface area contributed by atoms with Crippen molar-refractivity contribution in [3.8, 4) is 5.69 Å². The van der Waals surface area contributed by atoms with E-state index in [1.165, 1.54) is 5.56 Å². The second-order valence-corrected chi connectivity index (χ2v) is 4.52. The molecule has 22 heavy (non-hydrogen) atoms. The van der Waals surface area contributed by atoms with Gasteiger partial charge in [0.1, 0.15) is 0 Å². The molecule has 1 heterocycles. The third-order valence-corrected chi connectivity index (χ3v) is 2.86. The molecule has 0 aliphatic heterocycles. The lowest BCUT2D eigenvalue weighted by atomic mass is 10.2. The molecule has 0 bridgehead atoms. The van der Waals surface area contributed by atoms with Crippen LogP contribution < -0.4 is 0 Å². The van der Waals surface area contributed by atoms with Crippen LogP contribution in [0.25, 0.3) is 11.3 Å². The Bertz CT molecular complexity index is 633. The van der Waals surface area contributed by atoms with Gasteiger partial charge in [0.2, 0.25) is 5.82 Å². The number of hydrogen-bond acceptors (Lipinski definition) is 3. The first-order valence-electron chi connectivity index (χ1n) is 7.52. The Morgan fingerprint density at radius 3 is 2.55 bits per heavy atom. The highest BCUT2D eigenvalue weighted by atomic mass is 15.6. The summed E-state index contributed by atoms with van der Waals surface area (Å²) in [5.74, 6) is 0.651. The standard InChI is InChI=1S/C16H18N4.C2H6/c1-4-5-6-7-8-14(3)16-17-19-20(18-16)15-11-9-13(2)10-12-15;1-2/h4-6,8-12H,1,7H2,2-3H3;1-2H3/b6-5-,14-8+;. The first kappa shape index (κ1) is 17.6. The van der Waals surface area contributed by atoms with Crippen LogP contribution >= 0.6 is 0 Å². The van der Waals surface area contributed by atoms with Gasteiger partial charge in [0.25, 0.3) is 0 Å². The average molecular weight is 296 g/mol. The van der Waals surface area contributed by atoms with Crippen molar-refractivity contribution in [3.05, 3.63) is 66.5 Å². The van der Waals surface area contributed by atoms with Crippen molar-refractivity contribution < 1.29 is 0 Å². The van der Waals surface area contributed by atoms with Gasteiger partial charge in [-0.15, -0.1) is 15.0 Å². The summed E-state index contributed by atoms with van der Waals surface area (Å²) < 4.78 is 0. The van der Waals surface area contributed by atoms with Gasteiger partial charge in [0.05, 0.1) is 5.69 Å². The third kappa shape index (κ3) is 5.13. The van der Waals surface area contributed by atoms with Crippen LogP contribution in [0.4, 0.5) is 0 Å². The minimum atomic E-state index is 0.651. The van der Waals surface area contributed by atoms with Crippen molar-refractivity contribution in [2.45, 2.75) is 34.1 Å². The van der Waals surface area contributed by atoms with E-state index in [0.717, 1.165) is 17.7 Å². The molecule has 0 amide bonds. The summed E-state index contributed by atoms with van der Waals surface area (Å²) in [6.07, 6.45) is 8.60. The fourth-order valence-corrected chi connectivity index (χ4v) is 1.67. The van der Waals surface area contributed by atoms with Gasteiger partial charge in [-0.3, -0.25) is 0 Å². The molecule has 2 aromatic rings. The molecule has 2 rings (SSSR count). The maximum Gasteiger partial charge on any atom is 0.200 e. The lowest BCUT2D eigenvalue weighted by Gasteiger charge is -1.98. The molecule has 116 valence electrons. The molecule has 0 aliphatic carbocycles. The Morgan fingerprint density at radius 2 is 1.91 bits per heavy atom. The zero-order valence-corrected chi connectivity index (χ0v) is 13.8. The zero-order valence-electron chi connectivity index (χ0n) is 13.8. The fraction of sp³-hybridized carbons (Fsp3) is 0.278. The van der Waals surface area contributed by atoms with Crippen LogP contribution in [-0.2, 0) is 0 Å². The first-order chi connectivity index (χ1) is 10.7. The van der Waals surface area contributed by atoms with E-state index in [-0.39, 0.29) is 0 Å². The van der Waals surface area contributed by atoms with Crippen molar-refractivity contribution in [2.24, 2.45) is 0 Å².